The molecule has 2 aliphatic rings. The molecule has 37 heavy (non-hydrogen) atoms. The Hall–Kier alpha value is -3.57. The first-order valence-electron chi connectivity index (χ1n) is 12.0. The zero-order chi connectivity index (χ0) is 27.1. The number of piperazine rings is 1. The third-order valence-electron chi connectivity index (χ3n) is 7.05. The Morgan fingerprint density at radius 3 is 1.97 bits per heavy atom. The molecule has 0 radical (unpaired) electrons. The van der Waals surface area contributed by atoms with E-state index < -0.39 is 33.8 Å². The minimum absolute atomic E-state index is 0.112. The molecule has 0 unspecified atom stereocenters. The Morgan fingerprint density at radius 1 is 0.892 bits per heavy atom. The zero-order valence-corrected chi connectivity index (χ0v) is 21.7. The Bertz CT molecular complexity index is 1360. The number of rotatable bonds is 7. The van der Waals surface area contributed by atoms with E-state index in [1.54, 1.807) is 25.1 Å². The number of sulfonamides is 1. The lowest BCUT2D eigenvalue weighted by Crippen LogP contribution is -2.51. The number of carboxylic acid groups (broad SMARTS) is 1. The Balaban J connectivity index is 1.39. The van der Waals surface area contributed by atoms with Crippen LogP contribution in [0.1, 0.15) is 50.2 Å². The Kier molecular flexibility index (Phi) is 7.20. The molecule has 2 aromatic carbocycles. The topological polar surface area (TPSA) is 132 Å². The van der Waals surface area contributed by atoms with Gasteiger partial charge in [-0.2, -0.15) is 4.31 Å². The van der Waals surface area contributed by atoms with E-state index >= 15 is 0 Å². The van der Waals surface area contributed by atoms with Gasteiger partial charge in [-0.05, 0) is 62.1 Å². The summed E-state index contributed by atoms with van der Waals surface area (Å²) in [5.41, 5.74) is 2.83. The molecule has 0 aromatic heterocycles. The number of imide groups is 1. The number of carbonyl (C=O) groups is 4. The molecule has 0 bridgehead atoms. The highest BCUT2D eigenvalue weighted by Gasteiger charge is 2.43. The highest BCUT2D eigenvalue weighted by atomic mass is 32.2. The highest BCUT2D eigenvalue weighted by Crippen LogP contribution is 2.27. The molecule has 4 rings (SSSR count). The number of fused-ring (bicyclic) bond motifs is 1. The van der Waals surface area contributed by atoms with Gasteiger partial charge in [-0.3, -0.25) is 19.3 Å². The monoisotopic (exact) mass is 527 g/mol. The normalized spacial score (nSPS) is 17.2. The Morgan fingerprint density at radius 2 is 1.43 bits per heavy atom. The van der Waals surface area contributed by atoms with Gasteiger partial charge in [0, 0.05) is 32.6 Å². The van der Waals surface area contributed by atoms with Crippen molar-refractivity contribution in [2.45, 2.75) is 44.6 Å². The van der Waals surface area contributed by atoms with Crippen LogP contribution in [-0.2, 0) is 19.6 Å². The second-order valence-corrected chi connectivity index (χ2v) is 11.3. The smallest absolute Gasteiger partial charge is 0.326 e. The molecule has 1 N–H and O–H groups in total. The van der Waals surface area contributed by atoms with Crippen LogP contribution in [0.3, 0.4) is 0 Å². The number of carboxylic acids is 1. The van der Waals surface area contributed by atoms with E-state index in [9.17, 15) is 32.7 Å². The first-order chi connectivity index (χ1) is 17.4. The van der Waals surface area contributed by atoms with Gasteiger partial charge in [0.25, 0.3) is 11.8 Å². The van der Waals surface area contributed by atoms with Crippen molar-refractivity contribution in [3.8, 4) is 0 Å². The van der Waals surface area contributed by atoms with Gasteiger partial charge in [0.2, 0.25) is 15.9 Å². The predicted octanol–water partition coefficient (Wildman–Crippen LogP) is 1.97. The van der Waals surface area contributed by atoms with Crippen molar-refractivity contribution in [2.75, 3.05) is 26.2 Å². The fourth-order valence-corrected chi connectivity index (χ4v) is 6.51. The van der Waals surface area contributed by atoms with E-state index in [2.05, 4.69) is 0 Å². The van der Waals surface area contributed by atoms with Crippen LogP contribution >= 0.6 is 0 Å². The van der Waals surface area contributed by atoms with Gasteiger partial charge in [0.1, 0.15) is 6.04 Å². The molecule has 0 saturated carbocycles. The lowest BCUT2D eigenvalue weighted by Gasteiger charge is -2.34. The van der Waals surface area contributed by atoms with Gasteiger partial charge in [-0.1, -0.05) is 18.2 Å². The van der Waals surface area contributed by atoms with Gasteiger partial charge in [-0.15, -0.1) is 0 Å². The molecule has 196 valence electrons. The number of hydrogen-bond donors (Lipinski definition) is 1. The van der Waals surface area contributed by atoms with Crippen LogP contribution in [-0.4, -0.2) is 83.5 Å². The summed E-state index contributed by atoms with van der Waals surface area (Å²) in [7, 11) is -3.73. The largest absolute Gasteiger partial charge is 0.480 e. The summed E-state index contributed by atoms with van der Waals surface area (Å²) >= 11 is 0. The average molecular weight is 528 g/mol. The molecule has 1 saturated heterocycles. The van der Waals surface area contributed by atoms with Crippen molar-refractivity contribution >= 4 is 33.7 Å². The van der Waals surface area contributed by atoms with Crippen LogP contribution in [0.2, 0.25) is 0 Å². The van der Waals surface area contributed by atoms with E-state index in [1.807, 2.05) is 19.9 Å². The highest BCUT2D eigenvalue weighted by molar-refractivity contribution is 7.89. The third-order valence-corrected chi connectivity index (χ3v) is 9.09. The summed E-state index contributed by atoms with van der Waals surface area (Å²) < 4.78 is 27.8. The molecular weight excluding hydrogens is 498 g/mol. The Labute approximate surface area is 215 Å². The summed E-state index contributed by atoms with van der Waals surface area (Å²) in [6, 6.07) is 8.14. The first kappa shape index (κ1) is 26.5. The molecule has 10 nitrogen and oxygen atoms in total. The molecule has 2 heterocycles. The molecule has 3 amide bonds. The molecule has 2 aliphatic heterocycles. The van der Waals surface area contributed by atoms with Crippen LogP contribution in [0.4, 0.5) is 0 Å². The van der Waals surface area contributed by atoms with Crippen molar-refractivity contribution in [1.82, 2.24) is 14.1 Å². The number of nitrogens with zero attached hydrogens (tertiary/aromatic N) is 3. The van der Waals surface area contributed by atoms with E-state index in [1.165, 1.54) is 21.3 Å². The predicted molar refractivity (Wildman–Crippen MR) is 134 cm³/mol. The lowest BCUT2D eigenvalue weighted by atomic mass is 10.1. The summed E-state index contributed by atoms with van der Waals surface area (Å²) in [4.78, 5) is 52.6. The maximum atomic E-state index is 13.2. The van der Waals surface area contributed by atoms with E-state index in [0.29, 0.717) is 10.5 Å². The number of amides is 3. The first-order valence-corrected chi connectivity index (χ1v) is 13.4. The van der Waals surface area contributed by atoms with Crippen LogP contribution in [0.15, 0.2) is 41.3 Å². The van der Waals surface area contributed by atoms with Crippen molar-refractivity contribution in [1.29, 1.82) is 0 Å². The number of carbonyl (C=O) groups excluding carboxylic acids is 3. The number of hydrogen-bond acceptors (Lipinski definition) is 6. The lowest BCUT2D eigenvalue weighted by molar-refractivity contribution is -0.142. The minimum Gasteiger partial charge on any atom is -0.480 e. The standard InChI is InChI=1S/C26H29N3O7S/c1-16-14-18(3)22(15-17(16)2)37(35,36)28-12-10-27(11-13-28)23(30)9-8-21(26(33)34)29-24(31)19-6-4-5-7-20(19)25(29)32/h4-7,14-15,21H,8-13H2,1-3H3,(H,33,34)/t21-/m0/s1. The number of aliphatic carboxylic acids is 1. The molecule has 2 aromatic rings. The molecule has 1 atom stereocenters. The van der Waals surface area contributed by atoms with E-state index in [0.717, 1.165) is 11.1 Å². The summed E-state index contributed by atoms with van der Waals surface area (Å²) in [6.45, 7) is 6.08. The third kappa shape index (κ3) is 4.88. The summed E-state index contributed by atoms with van der Waals surface area (Å²) in [5.74, 6) is -3.12. The summed E-state index contributed by atoms with van der Waals surface area (Å²) in [6.07, 6.45) is -0.437. The van der Waals surface area contributed by atoms with Crippen molar-refractivity contribution in [2.24, 2.45) is 0 Å². The maximum Gasteiger partial charge on any atom is 0.326 e. The fourth-order valence-electron chi connectivity index (χ4n) is 4.80. The molecule has 1 fully saturated rings. The fraction of sp³-hybridized carbons (Fsp3) is 0.385. The second kappa shape index (κ2) is 10.1. The van der Waals surface area contributed by atoms with Gasteiger partial charge in [0.15, 0.2) is 0 Å². The molecule has 0 spiro atoms. The van der Waals surface area contributed by atoms with Crippen molar-refractivity contribution in [3.05, 3.63) is 64.2 Å². The maximum absolute atomic E-state index is 13.2. The van der Waals surface area contributed by atoms with Crippen LogP contribution in [0.5, 0.6) is 0 Å². The van der Waals surface area contributed by atoms with Crippen LogP contribution < -0.4 is 0 Å². The second-order valence-electron chi connectivity index (χ2n) is 9.41. The quantitative estimate of drug-likeness (QED) is 0.545. The molecular formula is C26H29N3O7S. The van der Waals surface area contributed by atoms with E-state index in [-0.39, 0.29) is 61.0 Å². The molecule has 0 aliphatic carbocycles. The minimum atomic E-state index is -3.73. The van der Waals surface area contributed by atoms with Gasteiger partial charge in [-0.25, -0.2) is 13.2 Å². The van der Waals surface area contributed by atoms with Crippen LogP contribution in [0.25, 0.3) is 0 Å². The van der Waals surface area contributed by atoms with Gasteiger partial charge >= 0.3 is 5.97 Å². The number of aryl methyl sites for hydroxylation is 3. The van der Waals surface area contributed by atoms with Crippen molar-refractivity contribution in [3.63, 3.8) is 0 Å². The van der Waals surface area contributed by atoms with Gasteiger partial charge < -0.3 is 10.0 Å². The number of benzene rings is 2. The van der Waals surface area contributed by atoms with Gasteiger partial charge in [0.05, 0.1) is 16.0 Å². The SMILES string of the molecule is Cc1cc(C)c(S(=O)(=O)N2CCN(C(=O)CC[C@@H](C(=O)O)N3C(=O)c4ccccc4C3=O)CC2)cc1C. The van der Waals surface area contributed by atoms with Crippen molar-refractivity contribution < 1.29 is 32.7 Å². The van der Waals surface area contributed by atoms with Crippen LogP contribution in [0, 0.1) is 20.8 Å². The zero-order valence-electron chi connectivity index (χ0n) is 20.9. The van der Waals surface area contributed by atoms with E-state index in [4.69, 9.17) is 0 Å². The molecule has 11 heteroatoms. The average Bonchev–Trinajstić information content (AvgIpc) is 3.11. The summed E-state index contributed by atoms with van der Waals surface area (Å²) in [5, 5.41) is 9.72.